The molecule has 0 N–H and O–H groups in total. The number of benzene rings is 3. The Morgan fingerprint density at radius 2 is 1.62 bits per heavy atom. The number of nitrogens with zero attached hydrogens (tertiary/aromatic N) is 2. The third-order valence-electron chi connectivity index (χ3n) is 5.56. The van der Waals surface area contributed by atoms with Crippen LogP contribution in [0.4, 0.5) is 0 Å². The van der Waals surface area contributed by atoms with Crippen molar-refractivity contribution in [2.24, 2.45) is 5.16 Å². The maximum Gasteiger partial charge on any atom is 0.142 e. The molecule has 0 aliphatic heterocycles. The van der Waals surface area contributed by atoms with Crippen LogP contribution in [-0.4, -0.2) is 17.4 Å². The average Bonchev–Trinajstić information content (AvgIpc) is 3.17. The van der Waals surface area contributed by atoms with Crippen molar-refractivity contribution in [3.63, 3.8) is 0 Å². The van der Waals surface area contributed by atoms with Crippen molar-refractivity contribution in [3.8, 4) is 22.7 Å². The van der Waals surface area contributed by atoms with Gasteiger partial charge >= 0.3 is 0 Å². The zero-order valence-corrected chi connectivity index (χ0v) is 19.0. The van der Waals surface area contributed by atoms with E-state index >= 15 is 0 Å². The van der Waals surface area contributed by atoms with Crippen molar-refractivity contribution in [2.45, 2.75) is 27.4 Å². The average molecular weight is 425 g/mol. The molecule has 4 aromatic rings. The van der Waals surface area contributed by atoms with Crippen LogP contribution in [0.5, 0.6) is 5.75 Å². The highest BCUT2D eigenvalue weighted by Gasteiger charge is 2.17. The van der Waals surface area contributed by atoms with E-state index in [-0.39, 0.29) is 0 Å². The third kappa shape index (κ3) is 4.59. The van der Waals surface area contributed by atoms with Gasteiger partial charge in [0.1, 0.15) is 12.4 Å². The van der Waals surface area contributed by atoms with E-state index < -0.39 is 0 Å². The molecule has 1 heterocycles. The van der Waals surface area contributed by atoms with Gasteiger partial charge in [0.2, 0.25) is 0 Å². The maximum atomic E-state index is 5.66. The van der Waals surface area contributed by atoms with E-state index in [1.807, 2.05) is 49.4 Å². The summed E-state index contributed by atoms with van der Waals surface area (Å²) in [6, 6.07) is 28.9. The number of ether oxygens (including phenoxy) is 1. The van der Waals surface area contributed by atoms with Crippen molar-refractivity contribution in [2.75, 3.05) is 7.11 Å². The zero-order valence-electron chi connectivity index (χ0n) is 19.0. The molecule has 1 aromatic heterocycles. The van der Waals surface area contributed by atoms with Crippen molar-refractivity contribution >= 4 is 5.71 Å². The molecule has 0 aliphatic rings. The Hall–Kier alpha value is -3.79. The molecule has 0 saturated heterocycles. The molecule has 0 atom stereocenters. The van der Waals surface area contributed by atoms with Gasteiger partial charge in [0.15, 0.2) is 0 Å². The summed E-state index contributed by atoms with van der Waals surface area (Å²) in [7, 11) is 1.68. The Morgan fingerprint density at radius 1 is 0.875 bits per heavy atom. The summed E-state index contributed by atoms with van der Waals surface area (Å²) in [4.78, 5) is 5.66. The minimum absolute atomic E-state index is 0.446. The van der Waals surface area contributed by atoms with Crippen LogP contribution >= 0.6 is 0 Å². The summed E-state index contributed by atoms with van der Waals surface area (Å²) in [5.74, 6) is 0.839. The largest absolute Gasteiger partial charge is 0.497 e. The van der Waals surface area contributed by atoms with E-state index in [0.717, 1.165) is 45.2 Å². The topological polar surface area (TPSA) is 35.8 Å². The van der Waals surface area contributed by atoms with Crippen LogP contribution in [-0.2, 0) is 11.4 Å². The SMILES string of the molecule is COc1ccc(-c2cc(/C(C)=N\OCc3ccccc3)c(C)n2-c2cccc(C)c2)cc1. The number of methoxy groups -OCH3 is 1. The lowest BCUT2D eigenvalue weighted by molar-refractivity contribution is 0.130. The van der Waals surface area contributed by atoms with E-state index in [0.29, 0.717) is 6.61 Å². The standard InChI is InChI=1S/C28H28N2O2/c1-20-9-8-12-25(17-20)30-22(3)27(18-28(30)24-13-15-26(31-4)16-14-24)21(2)29-32-19-23-10-6-5-7-11-23/h5-18H,19H2,1-4H3/b29-21-. The Balaban J connectivity index is 1.73. The minimum atomic E-state index is 0.446. The molecule has 3 aromatic carbocycles. The van der Waals surface area contributed by atoms with Crippen LogP contribution in [0.3, 0.4) is 0 Å². The van der Waals surface area contributed by atoms with Crippen molar-refractivity contribution in [3.05, 3.63) is 107 Å². The monoisotopic (exact) mass is 424 g/mol. The predicted octanol–water partition coefficient (Wildman–Crippen LogP) is 6.71. The van der Waals surface area contributed by atoms with E-state index in [2.05, 4.69) is 66.0 Å². The van der Waals surface area contributed by atoms with Crippen LogP contribution < -0.4 is 4.74 Å². The second kappa shape index (κ2) is 9.56. The first kappa shape index (κ1) is 21.4. The molecule has 4 heteroatoms. The molecule has 0 bridgehead atoms. The zero-order chi connectivity index (χ0) is 22.5. The summed E-state index contributed by atoms with van der Waals surface area (Å²) in [5, 5.41) is 4.42. The molecule has 0 unspecified atom stereocenters. The summed E-state index contributed by atoms with van der Waals surface area (Å²) in [6.07, 6.45) is 0. The fourth-order valence-corrected chi connectivity index (χ4v) is 3.87. The molecule has 0 fully saturated rings. The Kier molecular flexibility index (Phi) is 6.41. The number of oxime groups is 1. The first-order chi connectivity index (χ1) is 15.6. The fraction of sp³-hybridized carbons (Fsp3) is 0.179. The lowest BCUT2D eigenvalue weighted by atomic mass is 10.1. The van der Waals surface area contributed by atoms with Crippen LogP contribution in [0.15, 0.2) is 90.1 Å². The summed E-state index contributed by atoms with van der Waals surface area (Å²) in [6.45, 7) is 6.67. The van der Waals surface area contributed by atoms with E-state index in [1.165, 1.54) is 5.56 Å². The Morgan fingerprint density at radius 3 is 2.31 bits per heavy atom. The molecule has 162 valence electrons. The van der Waals surface area contributed by atoms with Gasteiger partial charge < -0.3 is 14.1 Å². The lowest BCUT2D eigenvalue weighted by Crippen LogP contribution is -2.03. The smallest absolute Gasteiger partial charge is 0.142 e. The Bertz CT molecular complexity index is 1220. The summed E-state index contributed by atoms with van der Waals surface area (Å²) < 4.78 is 7.62. The van der Waals surface area contributed by atoms with Gasteiger partial charge in [0.05, 0.1) is 18.5 Å². The molecule has 0 spiro atoms. The second-order valence-corrected chi connectivity index (χ2v) is 7.87. The van der Waals surface area contributed by atoms with Gasteiger partial charge in [0, 0.05) is 16.9 Å². The first-order valence-electron chi connectivity index (χ1n) is 10.7. The van der Waals surface area contributed by atoms with Crippen LogP contribution in [0.2, 0.25) is 0 Å². The van der Waals surface area contributed by atoms with Gasteiger partial charge in [-0.3, -0.25) is 0 Å². The van der Waals surface area contributed by atoms with Crippen LogP contribution in [0.25, 0.3) is 16.9 Å². The Labute approximate surface area is 189 Å². The van der Waals surface area contributed by atoms with Crippen molar-refractivity contribution < 1.29 is 9.57 Å². The summed E-state index contributed by atoms with van der Waals surface area (Å²) >= 11 is 0. The molecule has 4 rings (SSSR count). The number of aromatic nitrogens is 1. The highest BCUT2D eigenvalue weighted by Crippen LogP contribution is 2.31. The second-order valence-electron chi connectivity index (χ2n) is 7.87. The third-order valence-corrected chi connectivity index (χ3v) is 5.56. The van der Waals surface area contributed by atoms with Gasteiger partial charge in [-0.05, 0) is 79.9 Å². The van der Waals surface area contributed by atoms with Gasteiger partial charge in [-0.15, -0.1) is 0 Å². The number of aryl methyl sites for hydroxylation is 1. The van der Waals surface area contributed by atoms with E-state index in [9.17, 15) is 0 Å². The van der Waals surface area contributed by atoms with Gasteiger partial charge in [-0.25, -0.2) is 0 Å². The van der Waals surface area contributed by atoms with Gasteiger partial charge in [0.25, 0.3) is 0 Å². The number of rotatable bonds is 7. The van der Waals surface area contributed by atoms with E-state index in [4.69, 9.17) is 9.57 Å². The highest BCUT2D eigenvalue weighted by molar-refractivity contribution is 6.01. The lowest BCUT2D eigenvalue weighted by Gasteiger charge is -2.13. The fourth-order valence-electron chi connectivity index (χ4n) is 3.87. The molecule has 0 radical (unpaired) electrons. The van der Waals surface area contributed by atoms with Crippen LogP contribution in [0.1, 0.15) is 29.3 Å². The quantitative estimate of drug-likeness (QED) is 0.244. The molecule has 0 aliphatic carbocycles. The molecular weight excluding hydrogens is 396 g/mol. The molecule has 0 saturated carbocycles. The normalized spacial score (nSPS) is 11.4. The van der Waals surface area contributed by atoms with Crippen molar-refractivity contribution in [1.29, 1.82) is 0 Å². The highest BCUT2D eigenvalue weighted by atomic mass is 16.6. The minimum Gasteiger partial charge on any atom is -0.497 e. The van der Waals surface area contributed by atoms with E-state index in [1.54, 1.807) is 7.11 Å². The molecule has 32 heavy (non-hydrogen) atoms. The first-order valence-corrected chi connectivity index (χ1v) is 10.7. The molecule has 0 amide bonds. The summed E-state index contributed by atoms with van der Waals surface area (Å²) in [5.41, 5.74) is 8.67. The number of hydrogen-bond acceptors (Lipinski definition) is 3. The van der Waals surface area contributed by atoms with Gasteiger partial charge in [-0.1, -0.05) is 47.6 Å². The predicted molar refractivity (Wildman–Crippen MR) is 131 cm³/mol. The molecular formula is C28H28N2O2. The van der Waals surface area contributed by atoms with Crippen LogP contribution in [0, 0.1) is 13.8 Å². The number of hydrogen-bond donors (Lipinski definition) is 0. The van der Waals surface area contributed by atoms with Gasteiger partial charge in [-0.2, -0.15) is 0 Å². The molecule has 4 nitrogen and oxygen atoms in total. The van der Waals surface area contributed by atoms with Crippen molar-refractivity contribution in [1.82, 2.24) is 4.57 Å². The maximum absolute atomic E-state index is 5.66.